The normalized spacial score (nSPS) is 28.0. The molecule has 33 heavy (non-hydrogen) atoms. The van der Waals surface area contributed by atoms with Crippen LogP contribution in [0.1, 0.15) is 27.4 Å². The summed E-state index contributed by atoms with van der Waals surface area (Å²) in [6.45, 7) is 0.539. The molecule has 1 saturated heterocycles. The topological polar surface area (TPSA) is 58.6 Å². The third kappa shape index (κ3) is 2.47. The number of Topliss-reactive ketones (excluding diaryl/α,β-unsaturated/α-hetero) is 1. The van der Waals surface area contributed by atoms with E-state index in [0.717, 1.165) is 16.8 Å². The van der Waals surface area contributed by atoms with Gasteiger partial charge >= 0.3 is 0 Å². The lowest BCUT2D eigenvalue weighted by Crippen LogP contribution is -2.62. The summed E-state index contributed by atoms with van der Waals surface area (Å²) in [6.07, 6.45) is 0. The van der Waals surface area contributed by atoms with Crippen LogP contribution in [-0.2, 0) is 10.3 Å². The Morgan fingerprint density at radius 1 is 1.00 bits per heavy atom. The molecule has 0 aliphatic carbocycles. The fraction of sp³-hybridized carbons (Fsp3) is 0.231. The van der Waals surface area contributed by atoms with E-state index in [1.165, 1.54) is 0 Å². The van der Waals surface area contributed by atoms with Crippen LogP contribution in [0.3, 0.4) is 0 Å². The van der Waals surface area contributed by atoms with Crippen LogP contribution in [0.2, 0.25) is 10.0 Å². The maximum atomic E-state index is 14.5. The third-order valence-electron chi connectivity index (χ3n) is 7.50. The second kappa shape index (κ2) is 7.07. The molecular formula is C26H20Cl2N2O3. The molecule has 3 aliphatic rings. The Kier molecular flexibility index (Phi) is 4.44. The highest BCUT2D eigenvalue weighted by Gasteiger charge is 2.75. The van der Waals surface area contributed by atoms with Crippen molar-refractivity contribution in [2.75, 3.05) is 25.5 Å². The minimum absolute atomic E-state index is 0.0693. The number of anilines is 1. The highest BCUT2D eigenvalue weighted by molar-refractivity contribution is 6.42. The zero-order chi connectivity index (χ0) is 23.0. The fourth-order valence-electron chi connectivity index (χ4n) is 6.15. The van der Waals surface area contributed by atoms with Crippen molar-refractivity contribution in [3.8, 4) is 5.75 Å². The first-order valence-corrected chi connectivity index (χ1v) is 11.5. The van der Waals surface area contributed by atoms with Crippen molar-refractivity contribution in [1.82, 2.24) is 4.90 Å². The number of carbonyl (C=O) groups is 2. The Balaban J connectivity index is 1.67. The van der Waals surface area contributed by atoms with Crippen molar-refractivity contribution in [2.24, 2.45) is 5.41 Å². The Hall–Kier alpha value is -2.86. The number of ketones is 1. The lowest BCUT2D eigenvalue weighted by Gasteiger charge is -2.47. The summed E-state index contributed by atoms with van der Waals surface area (Å²) in [5.74, 6) is -0.130. The molecule has 3 heterocycles. The highest BCUT2D eigenvalue weighted by atomic mass is 35.5. The zero-order valence-corrected chi connectivity index (χ0v) is 19.3. The van der Waals surface area contributed by atoms with Gasteiger partial charge in [-0.3, -0.25) is 14.5 Å². The second-order valence-electron chi connectivity index (χ2n) is 8.90. The second-order valence-corrected chi connectivity index (χ2v) is 9.72. The number of hydrogen-bond donors (Lipinski definition) is 1. The van der Waals surface area contributed by atoms with Crippen LogP contribution in [0, 0.1) is 5.41 Å². The summed E-state index contributed by atoms with van der Waals surface area (Å²) >= 11 is 12.6. The van der Waals surface area contributed by atoms with Gasteiger partial charge in [0.25, 0.3) is 5.91 Å². The monoisotopic (exact) mass is 478 g/mol. The van der Waals surface area contributed by atoms with Crippen molar-refractivity contribution in [2.45, 2.75) is 11.5 Å². The van der Waals surface area contributed by atoms with Crippen molar-refractivity contribution in [1.29, 1.82) is 0 Å². The summed E-state index contributed by atoms with van der Waals surface area (Å²) in [4.78, 5) is 30.4. The molecule has 0 saturated carbocycles. The molecule has 166 valence electrons. The van der Waals surface area contributed by atoms with E-state index in [2.05, 4.69) is 5.32 Å². The molecule has 3 aliphatic heterocycles. The van der Waals surface area contributed by atoms with Gasteiger partial charge in [-0.1, -0.05) is 59.6 Å². The minimum Gasteiger partial charge on any atom is -0.492 e. The van der Waals surface area contributed by atoms with Gasteiger partial charge in [-0.15, -0.1) is 0 Å². The molecule has 0 aromatic heterocycles. The first-order chi connectivity index (χ1) is 15.9. The van der Waals surface area contributed by atoms with E-state index in [-0.39, 0.29) is 24.2 Å². The van der Waals surface area contributed by atoms with Gasteiger partial charge in [0.05, 0.1) is 15.6 Å². The van der Waals surface area contributed by atoms with Crippen LogP contribution in [-0.4, -0.2) is 36.8 Å². The number of amides is 1. The van der Waals surface area contributed by atoms with Gasteiger partial charge in [-0.05, 0) is 42.9 Å². The molecule has 1 fully saturated rings. The summed E-state index contributed by atoms with van der Waals surface area (Å²) in [7, 11) is 1.90. The number of carbonyl (C=O) groups excluding carboxylic acids is 2. The van der Waals surface area contributed by atoms with E-state index in [1.807, 2.05) is 54.4 Å². The van der Waals surface area contributed by atoms with Crippen LogP contribution in [0.25, 0.3) is 0 Å². The number of likely N-dealkylation sites (tertiary alicyclic amines) is 1. The number of rotatable bonds is 1. The summed E-state index contributed by atoms with van der Waals surface area (Å²) in [6, 6.07) is 20.2. The SMILES string of the molecule is CN1C[C@H](c2ccc(Cl)c(Cl)c2)[C@@]2(COc3ccccc3C2=O)[C@]12C(=O)Nc1ccccc12. The largest absolute Gasteiger partial charge is 0.492 e. The maximum Gasteiger partial charge on any atom is 0.250 e. The lowest BCUT2D eigenvalue weighted by atomic mass is 9.57. The molecule has 3 atom stereocenters. The molecule has 0 unspecified atom stereocenters. The van der Waals surface area contributed by atoms with E-state index in [1.54, 1.807) is 24.3 Å². The lowest BCUT2D eigenvalue weighted by molar-refractivity contribution is -0.131. The van der Waals surface area contributed by atoms with Gasteiger partial charge in [-0.2, -0.15) is 0 Å². The molecule has 1 amide bonds. The number of halogens is 2. The molecule has 7 heteroatoms. The van der Waals surface area contributed by atoms with Crippen LogP contribution >= 0.6 is 23.2 Å². The summed E-state index contributed by atoms with van der Waals surface area (Å²) in [5, 5.41) is 3.89. The molecular weight excluding hydrogens is 459 g/mol. The van der Waals surface area contributed by atoms with Crippen molar-refractivity contribution in [3.05, 3.63) is 93.5 Å². The van der Waals surface area contributed by atoms with Gasteiger partial charge < -0.3 is 10.1 Å². The predicted octanol–water partition coefficient (Wildman–Crippen LogP) is 5.13. The zero-order valence-electron chi connectivity index (χ0n) is 17.8. The number of para-hydroxylation sites is 2. The quantitative estimate of drug-likeness (QED) is 0.526. The van der Waals surface area contributed by atoms with Gasteiger partial charge in [0.2, 0.25) is 0 Å². The smallest absolute Gasteiger partial charge is 0.250 e. The van der Waals surface area contributed by atoms with Gasteiger partial charge in [0.1, 0.15) is 23.3 Å². The number of nitrogens with zero attached hydrogens (tertiary/aromatic N) is 1. The van der Waals surface area contributed by atoms with Gasteiger partial charge in [-0.25, -0.2) is 0 Å². The molecule has 6 rings (SSSR count). The summed E-state index contributed by atoms with van der Waals surface area (Å²) in [5.41, 5.74) is 0.406. The van der Waals surface area contributed by atoms with Crippen molar-refractivity contribution in [3.63, 3.8) is 0 Å². The van der Waals surface area contributed by atoms with E-state index >= 15 is 0 Å². The minimum atomic E-state index is -1.23. The van der Waals surface area contributed by atoms with E-state index in [9.17, 15) is 9.59 Å². The number of nitrogens with one attached hydrogen (secondary N) is 1. The molecule has 5 nitrogen and oxygen atoms in total. The first kappa shape index (κ1) is 20.7. The van der Waals surface area contributed by atoms with E-state index in [0.29, 0.717) is 27.9 Å². The maximum absolute atomic E-state index is 14.5. The number of likely N-dealkylation sites (N-methyl/N-ethyl adjacent to an activating group) is 1. The van der Waals surface area contributed by atoms with Crippen LogP contribution in [0.4, 0.5) is 5.69 Å². The Labute approximate surface area is 201 Å². The number of hydrogen-bond acceptors (Lipinski definition) is 4. The van der Waals surface area contributed by atoms with Gasteiger partial charge in [0.15, 0.2) is 5.78 Å². The van der Waals surface area contributed by atoms with Crippen molar-refractivity contribution < 1.29 is 14.3 Å². The molecule has 3 aromatic carbocycles. The third-order valence-corrected chi connectivity index (χ3v) is 8.24. The molecule has 0 bridgehead atoms. The number of fused-ring (bicyclic) bond motifs is 4. The Morgan fingerprint density at radius 3 is 2.58 bits per heavy atom. The molecule has 0 radical (unpaired) electrons. The molecule has 2 spiro atoms. The van der Waals surface area contributed by atoms with Gasteiger partial charge in [0, 0.05) is 23.7 Å². The number of ether oxygens (including phenoxy) is 1. The van der Waals surface area contributed by atoms with Crippen molar-refractivity contribution >= 4 is 40.6 Å². The summed E-state index contributed by atoms with van der Waals surface area (Å²) < 4.78 is 6.25. The van der Waals surface area contributed by atoms with Crippen LogP contribution in [0.15, 0.2) is 66.7 Å². The van der Waals surface area contributed by atoms with E-state index < -0.39 is 11.0 Å². The Bertz CT molecular complexity index is 1340. The predicted molar refractivity (Wildman–Crippen MR) is 127 cm³/mol. The average molecular weight is 479 g/mol. The average Bonchev–Trinajstić information content (AvgIpc) is 3.27. The Morgan fingerprint density at radius 2 is 1.76 bits per heavy atom. The standard InChI is InChI=1S/C26H20Cl2N2O3/c1-30-13-18(15-10-11-19(27)20(28)12-15)25(14-33-22-9-5-2-6-16(22)23(25)31)26(30)17-7-3-4-8-21(17)29-24(26)32/h2-12,18H,13-14H2,1H3,(H,29,32)/t18-,25-,26+/m1/s1. The highest BCUT2D eigenvalue weighted by Crippen LogP contribution is 2.64. The van der Waals surface area contributed by atoms with Crippen LogP contribution in [0.5, 0.6) is 5.75 Å². The molecule has 3 aromatic rings. The number of benzene rings is 3. The first-order valence-electron chi connectivity index (χ1n) is 10.7. The van der Waals surface area contributed by atoms with E-state index in [4.69, 9.17) is 27.9 Å². The fourth-order valence-corrected chi connectivity index (χ4v) is 6.45. The van der Waals surface area contributed by atoms with Crippen LogP contribution < -0.4 is 10.1 Å². The molecule has 1 N–H and O–H groups in total.